The van der Waals surface area contributed by atoms with Gasteiger partial charge in [-0.05, 0) is 64.2 Å². The summed E-state index contributed by atoms with van der Waals surface area (Å²) in [6.07, 6.45) is 64.7. The van der Waals surface area contributed by atoms with Gasteiger partial charge in [0, 0.05) is 6.42 Å². The lowest BCUT2D eigenvalue weighted by atomic mass is 10.0. The van der Waals surface area contributed by atoms with Gasteiger partial charge in [-0.25, -0.2) is 0 Å². The van der Waals surface area contributed by atoms with Gasteiger partial charge in [-0.15, -0.1) is 0 Å². The molecule has 0 radical (unpaired) electrons. The molecule has 0 aliphatic heterocycles. The van der Waals surface area contributed by atoms with Crippen molar-refractivity contribution >= 4 is 13.7 Å². The van der Waals surface area contributed by atoms with E-state index in [1.807, 2.05) is 27.2 Å². The normalized spacial score (nSPS) is 14.3. The van der Waals surface area contributed by atoms with E-state index in [-0.39, 0.29) is 12.5 Å². The number of aliphatic hydroxyl groups is 1. The van der Waals surface area contributed by atoms with E-state index in [4.69, 9.17) is 9.05 Å². The van der Waals surface area contributed by atoms with Crippen LogP contribution in [0, 0.1) is 0 Å². The molecule has 0 fully saturated rings. The number of phosphoric ester groups is 1. The minimum atomic E-state index is -4.60. The number of likely N-dealkylation sites (N-methyl/N-ethyl adjacent to an activating group) is 1. The molecule has 0 aliphatic rings. The summed E-state index contributed by atoms with van der Waals surface area (Å²) in [5.41, 5.74) is 0. The average molecular weight is 964 g/mol. The molecule has 67 heavy (non-hydrogen) atoms. The summed E-state index contributed by atoms with van der Waals surface area (Å²) >= 11 is 0. The third-order valence-electron chi connectivity index (χ3n) is 12.8. The molecule has 9 heteroatoms. The summed E-state index contributed by atoms with van der Waals surface area (Å²) in [5.74, 6) is -0.206. The second kappa shape index (κ2) is 49.4. The van der Waals surface area contributed by atoms with Gasteiger partial charge in [0.25, 0.3) is 7.82 Å². The van der Waals surface area contributed by atoms with Gasteiger partial charge in [-0.1, -0.05) is 242 Å². The molecule has 0 saturated heterocycles. The smallest absolute Gasteiger partial charge is 0.268 e. The molecule has 2 N–H and O–H groups in total. The first-order valence-electron chi connectivity index (χ1n) is 28.5. The summed E-state index contributed by atoms with van der Waals surface area (Å²) in [5, 5.41) is 13.9. The number of unbranched alkanes of at least 4 members (excludes halogenated alkanes) is 33. The van der Waals surface area contributed by atoms with Gasteiger partial charge in [0.1, 0.15) is 13.2 Å². The first-order chi connectivity index (χ1) is 32.5. The van der Waals surface area contributed by atoms with Crippen molar-refractivity contribution in [3.63, 3.8) is 0 Å². The van der Waals surface area contributed by atoms with Crippen LogP contribution in [-0.4, -0.2) is 68.5 Å². The summed E-state index contributed by atoms with van der Waals surface area (Å²) in [4.78, 5) is 25.5. The zero-order valence-electron chi connectivity index (χ0n) is 44.9. The maximum atomic E-state index is 13.0. The number of aliphatic hydroxyl groups excluding tert-OH is 1. The number of hydrogen-bond acceptors (Lipinski definition) is 6. The van der Waals surface area contributed by atoms with Crippen LogP contribution in [0.25, 0.3) is 0 Å². The highest BCUT2D eigenvalue weighted by atomic mass is 31.2. The maximum Gasteiger partial charge on any atom is 0.268 e. The number of phosphoric acid groups is 1. The van der Waals surface area contributed by atoms with Crippen LogP contribution in [0.2, 0.25) is 0 Å². The Balaban J connectivity index is 4.25. The fourth-order valence-corrected chi connectivity index (χ4v) is 8.98. The molecule has 0 rings (SSSR count). The Morgan fingerprint density at radius 2 is 0.881 bits per heavy atom. The number of nitrogens with zero attached hydrogens (tertiary/aromatic N) is 1. The number of nitrogens with one attached hydrogen (secondary N) is 1. The molecule has 0 bridgehead atoms. The average Bonchev–Trinajstić information content (AvgIpc) is 3.29. The Bertz CT molecular complexity index is 1230. The molecule has 0 saturated carbocycles. The van der Waals surface area contributed by atoms with Crippen LogP contribution < -0.4 is 10.2 Å². The highest BCUT2D eigenvalue weighted by molar-refractivity contribution is 7.45. The third-order valence-corrected chi connectivity index (χ3v) is 13.7. The molecule has 0 aliphatic carbocycles. The van der Waals surface area contributed by atoms with Crippen LogP contribution in [0.4, 0.5) is 0 Å². The van der Waals surface area contributed by atoms with E-state index in [0.29, 0.717) is 17.4 Å². The van der Waals surface area contributed by atoms with Crippen molar-refractivity contribution < 1.29 is 32.9 Å². The van der Waals surface area contributed by atoms with E-state index in [1.54, 1.807) is 6.08 Å². The van der Waals surface area contributed by atoms with Crippen molar-refractivity contribution in [3.05, 3.63) is 48.6 Å². The van der Waals surface area contributed by atoms with Gasteiger partial charge in [0.15, 0.2) is 0 Å². The van der Waals surface area contributed by atoms with E-state index in [1.165, 1.54) is 199 Å². The molecular formula is C58H111N2O6P. The minimum absolute atomic E-state index is 0.00670. The third kappa shape index (κ3) is 52.1. The molecule has 3 atom stereocenters. The van der Waals surface area contributed by atoms with E-state index in [9.17, 15) is 19.4 Å². The Hall–Kier alpha value is -1.54. The van der Waals surface area contributed by atoms with Crippen molar-refractivity contribution in [1.82, 2.24) is 5.32 Å². The van der Waals surface area contributed by atoms with E-state index in [0.717, 1.165) is 44.9 Å². The number of allylic oxidation sites excluding steroid dienone is 7. The van der Waals surface area contributed by atoms with Crippen molar-refractivity contribution in [3.8, 4) is 0 Å². The van der Waals surface area contributed by atoms with Gasteiger partial charge in [-0.3, -0.25) is 9.36 Å². The van der Waals surface area contributed by atoms with Crippen molar-refractivity contribution in [2.45, 2.75) is 276 Å². The fraction of sp³-hybridized carbons (Fsp3) is 0.845. The topological polar surface area (TPSA) is 108 Å². The monoisotopic (exact) mass is 963 g/mol. The molecule has 8 nitrogen and oxygen atoms in total. The Labute approximate surface area is 416 Å². The number of carbonyl (C=O) groups excluding carboxylic acids is 1. The molecule has 0 aromatic carbocycles. The quantitative estimate of drug-likeness (QED) is 0.0272. The van der Waals surface area contributed by atoms with Crippen LogP contribution in [0.3, 0.4) is 0 Å². The van der Waals surface area contributed by atoms with Crippen LogP contribution in [0.5, 0.6) is 0 Å². The van der Waals surface area contributed by atoms with Crippen LogP contribution >= 0.6 is 7.82 Å². The van der Waals surface area contributed by atoms with Gasteiger partial charge < -0.3 is 28.8 Å². The summed E-state index contributed by atoms with van der Waals surface area (Å²) in [6.45, 7) is 4.64. The Kier molecular flexibility index (Phi) is 48.3. The zero-order chi connectivity index (χ0) is 49.2. The predicted octanol–water partition coefficient (Wildman–Crippen LogP) is 16.5. The maximum absolute atomic E-state index is 13.0. The van der Waals surface area contributed by atoms with Crippen molar-refractivity contribution in [1.29, 1.82) is 0 Å². The minimum Gasteiger partial charge on any atom is -0.756 e. The SMILES string of the molecule is CCCCCCC/C=C\C/C=C\CCCCCCCCCCCCCCCC(=O)NC(COP(=O)([O-])OCC[N+](C)(C)C)C(O)/C=C/CC/C=C/CCCCCCCCCCCCCCCC. The van der Waals surface area contributed by atoms with Gasteiger partial charge in [0.05, 0.1) is 39.9 Å². The van der Waals surface area contributed by atoms with Gasteiger partial charge in [-0.2, -0.15) is 0 Å². The molecule has 394 valence electrons. The highest BCUT2D eigenvalue weighted by Gasteiger charge is 2.23. The molecule has 0 heterocycles. The molecular weight excluding hydrogens is 852 g/mol. The summed E-state index contributed by atoms with van der Waals surface area (Å²) in [7, 11) is 1.25. The van der Waals surface area contributed by atoms with Crippen molar-refractivity contribution in [2.75, 3.05) is 40.9 Å². The molecule has 3 unspecified atom stereocenters. The first kappa shape index (κ1) is 65.5. The highest BCUT2D eigenvalue weighted by Crippen LogP contribution is 2.38. The zero-order valence-corrected chi connectivity index (χ0v) is 45.7. The number of quaternary nitrogens is 1. The first-order valence-corrected chi connectivity index (χ1v) is 30.0. The van der Waals surface area contributed by atoms with Crippen LogP contribution in [-0.2, 0) is 18.4 Å². The number of hydrogen-bond donors (Lipinski definition) is 2. The lowest BCUT2D eigenvalue weighted by Crippen LogP contribution is -2.45. The lowest BCUT2D eigenvalue weighted by molar-refractivity contribution is -0.870. The largest absolute Gasteiger partial charge is 0.756 e. The molecule has 0 aromatic rings. The van der Waals surface area contributed by atoms with Crippen LogP contribution in [0.1, 0.15) is 264 Å². The van der Waals surface area contributed by atoms with E-state index < -0.39 is 26.6 Å². The molecule has 1 amide bonds. The standard InChI is InChI=1S/C58H111N2O6P/c1-6-8-10-12-14-16-18-20-22-24-26-28-29-30-31-32-34-36-38-40-42-44-46-48-50-52-58(62)59-56(55-66-67(63,64)65-54-53-60(3,4)5)57(61)51-49-47-45-43-41-39-37-35-33-27-25-23-21-19-17-15-13-11-9-7-2/h18,20,24,26,41,43,49,51,56-57,61H,6-17,19,21-23,25,27-40,42,44-48,50,52-55H2,1-5H3,(H-,59,62,63,64)/b20-18-,26-24-,43-41+,51-49+. The fourth-order valence-electron chi connectivity index (χ4n) is 8.26. The van der Waals surface area contributed by atoms with E-state index in [2.05, 4.69) is 55.6 Å². The summed E-state index contributed by atoms with van der Waals surface area (Å²) in [6, 6.07) is -0.905. The summed E-state index contributed by atoms with van der Waals surface area (Å²) < 4.78 is 23.3. The predicted molar refractivity (Wildman–Crippen MR) is 288 cm³/mol. The number of rotatable bonds is 52. The molecule has 0 aromatic heterocycles. The van der Waals surface area contributed by atoms with Crippen LogP contribution in [0.15, 0.2) is 48.6 Å². The number of amides is 1. The molecule has 0 spiro atoms. The second-order valence-corrected chi connectivity index (χ2v) is 22.0. The van der Waals surface area contributed by atoms with Gasteiger partial charge in [0.2, 0.25) is 5.91 Å². The second-order valence-electron chi connectivity index (χ2n) is 20.6. The number of carbonyl (C=O) groups is 1. The Morgan fingerprint density at radius 3 is 1.30 bits per heavy atom. The van der Waals surface area contributed by atoms with E-state index >= 15 is 0 Å². The van der Waals surface area contributed by atoms with Crippen molar-refractivity contribution in [2.24, 2.45) is 0 Å². The lowest BCUT2D eigenvalue weighted by Gasteiger charge is -2.29. The Morgan fingerprint density at radius 1 is 0.522 bits per heavy atom. The van der Waals surface area contributed by atoms with Gasteiger partial charge >= 0.3 is 0 Å².